The lowest BCUT2D eigenvalue weighted by atomic mass is 9.64. The number of amides is 1. The van der Waals surface area contributed by atoms with Crippen LogP contribution in [0.25, 0.3) is 0 Å². The van der Waals surface area contributed by atoms with Crippen LogP contribution in [0.2, 0.25) is 0 Å². The second kappa shape index (κ2) is 7.25. The van der Waals surface area contributed by atoms with Crippen molar-refractivity contribution in [2.75, 3.05) is 6.54 Å². The van der Waals surface area contributed by atoms with Crippen LogP contribution in [0.4, 0.5) is 0 Å². The number of nitrogens with one attached hydrogen (secondary N) is 1. The van der Waals surface area contributed by atoms with Gasteiger partial charge < -0.3 is 5.32 Å². The van der Waals surface area contributed by atoms with Gasteiger partial charge in [-0.2, -0.15) is 5.10 Å². The molecule has 0 aliphatic heterocycles. The summed E-state index contributed by atoms with van der Waals surface area (Å²) in [5.41, 5.74) is 1.46. The van der Waals surface area contributed by atoms with Gasteiger partial charge in [-0.1, -0.05) is 34.5 Å². The smallest absolute Gasteiger partial charge is 0.220 e. The highest BCUT2D eigenvalue weighted by atomic mass is 79.9. The molecule has 6 heteroatoms. The molecule has 1 N–H and O–H groups in total. The minimum Gasteiger partial charge on any atom is -0.355 e. The van der Waals surface area contributed by atoms with Crippen molar-refractivity contribution in [3.05, 3.63) is 47.0 Å². The molecule has 0 unspecified atom stereocenters. The molecule has 5 nitrogen and oxygen atoms in total. The average Bonchev–Trinajstić information content (AvgIpc) is 3.01. The number of hydrogen-bond acceptors (Lipinski definition) is 3. The maximum atomic E-state index is 12.1. The first-order chi connectivity index (χ1) is 11.2. The van der Waals surface area contributed by atoms with E-state index in [-0.39, 0.29) is 11.3 Å². The Morgan fingerprint density at radius 1 is 1.30 bits per heavy atom. The van der Waals surface area contributed by atoms with Gasteiger partial charge in [0, 0.05) is 29.4 Å². The van der Waals surface area contributed by atoms with Gasteiger partial charge >= 0.3 is 0 Å². The number of nitrogens with zero attached hydrogens (tertiary/aromatic N) is 3. The molecule has 0 radical (unpaired) electrons. The van der Waals surface area contributed by atoms with Crippen LogP contribution in [-0.2, 0) is 16.8 Å². The first kappa shape index (κ1) is 16.2. The van der Waals surface area contributed by atoms with Crippen LogP contribution in [0.1, 0.15) is 37.7 Å². The molecule has 2 aromatic rings. The topological polar surface area (TPSA) is 59.8 Å². The zero-order chi connectivity index (χ0) is 16.1. The van der Waals surface area contributed by atoms with E-state index >= 15 is 0 Å². The van der Waals surface area contributed by atoms with Crippen LogP contribution in [-0.4, -0.2) is 27.2 Å². The second-order valence-corrected chi connectivity index (χ2v) is 7.10. The highest BCUT2D eigenvalue weighted by Crippen LogP contribution is 2.43. The number of carbonyl (C=O) groups is 1. The van der Waals surface area contributed by atoms with E-state index < -0.39 is 0 Å². The predicted molar refractivity (Wildman–Crippen MR) is 91.9 cm³/mol. The minimum absolute atomic E-state index is 0.119. The molecule has 0 spiro atoms. The molecule has 1 amide bonds. The molecule has 0 atom stereocenters. The van der Waals surface area contributed by atoms with Crippen LogP contribution in [0.15, 0.2) is 41.4 Å². The number of hydrogen-bond donors (Lipinski definition) is 1. The largest absolute Gasteiger partial charge is 0.355 e. The van der Waals surface area contributed by atoms with Crippen LogP contribution in [0, 0.1) is 0 Å². The van der Waals surface area contributed by atoms with E-state index in [0.29, 0.717) is 6.42 Å². The van der Waals surface area contributed by atoms with Gasteiger partial charge in [-0.15, -0.1) is 0 Å². The van der Waals surface area contributed by atoms with Gasteiger partial charge in [0.05, 0.1) is 0 Å². The summed E-state index contributed by atoms with van der Waals surface area (Å²) in [7, 11) is 0. The van der Waals surface area contributed by atoms with Gasteiger partial charge in [-0.25, -0.2) is 4.98 Å². The van der Waals surface area contributed by atoms with Gasteiger partial charge in [-0.3, -0.25) is 9.48 Å². The molecule has 1 saturated carbocycles. The van der Waals surface area contributed by atoms with Crippen LogP contribution in [0.5, 0.6) is 0 Å². The zero-order valence-electron chi connectivity index (χ0n) is 13.0. The molecular formula is C17H21BrN4O. The fourth-order valence-electron chi connectivity index (χ4n) is 3.08. The number of carbonyl (C=O) groups excluding carboxylic acids is 1. The molecule has 3 rings (SSSR count). The summed E-state index contributed by atoms with van der Waals surface area (Å²) in [5.74, 6) is 0.119. The Morgan fingerprint density at radius 3 is 2.70 bits per heavy atom. The number of benzene rings is 1. The highest BCUT2D eigenvalue weighted by Gasteiger charge is 2.38. The summed E-state index contributed by atoms with van der Waals surface area (Å²) in [4.78, 5) is 16.0. The van der Waals surface area contributed by atoms with Crippen LogP contribution >= 0.6 is 15.9 Å². The monoisotopic (exact) mass is 376 g/mol. The third-order valence-corrected chi connectivity index (χ3v) is 5.18. The number of aromatic nitrogens is 3. The van der Waals surface area contributed by atoms with E-state index in [1.165, 1.54) is 18.3 Å². The Bertz CT molecular complexity index is 635. The fraction of sp³-hybridized carbons (Fsp3) is 0.471. The number of rotatable bonds is 7. The standard InChI is InChI=1S/C17H21BrN4O/c18-15-6-4-14(5-7-15)17(8-2-9-17)11-20-16(23)3-1-10-22-13-19-12-21-22/h4-7,12-13H,1-3,8-11H2,(H,20,23). The maximum Gasteiger partial charge on any atom is 0.220 e. The molecule has 1 aliphatic rings. The maximum absolute atomic E-state index is 12.1. The molecule has 1 aromatic heterocycles. The third-order valence-electron chi connectivity index (χ3n) is 4.65. The summed E-state index contributed by atoms with van der Waals surface area (Å²) in [6.07, 6.45) is 8.02. The predicted octanol–water partition coefficient (Wildman–Crippen LogP) is 3.06. The summed E-state index contributed by atoms with van der Waals surface area (Å²) in [6.45, 7) is 1.46. The summed E-state index contributed by atoms with van der Waals surface area (Å²) in [5, 5.41) is 7.16. The van der Waals surface area contributed by atoms with E-state index in [2.05, 4.69) is 55.6 Å². The lowest BCUT2D eigenvalue weighted by molar-refractivity contribution is -0.121. The zero-order valence-corrected chi connectivity index (χ0v) is 14.6. The Morgan fingerprint density at radius 2 is 2.09 bits per heavy atom. The normalized spacial score (nSPS) is 15.9. The van der Waals surface area contributed by atoms with Gasteiger partial charge in [0.15, 0.2) is 0 Å². The van der Waals surface area contributed by atoms with Crippen molar-refractivity contribution >= 4 is 21.8 Å². The Kier molecular flexibility index (Phi) is 5.10. The van der Waals surface area contributed by atoms with Crippen molar-refractivity contribution in [2.45, 2.75) is 44.1 Å². The SMILES string of the molecule is O=C(CCCn1cncn1)NCC1(c2ccc(Br)cc2)CCC1. The highest BCUT2D eigenvalue weighted by molar-refractivity contribution is 9.10. The lowest BCUT2D eigenvalue weighted by Gasteiger charge is -2.42. The van der Waals surface area contributed by atoms with Gasteiger partial charge in [0.25, 0.3) is 0 Å². The fourth-order valence-corrected chi connectivity index (χ4v) is 3.34. The third kappa shape index (κ3) is 3.99. The molecule has 1 aromatic carbocycles. The van der Waals surface area contributed by atoms with E-state index in [1.54, 1.807) is 11.0 Å². The van der Waals surface area contributed by atoms with E-state index in [0.717, 1.165) is 36.8 Å². The molecule has 0 bridgehead atoms. The van der Waals surface area contributed by atoms with Gasteiger partial charge in [-0.05, 0) is 37.0 Å². The van der Waals surface area contributed by atoms with Crippen LogP contribution < -0.4 is 5.32 Å². The Balaban J connectivity index is 1.48. The van der Waals surface area contributed by atoms with Crippen molar-refractivity contribution in [3.8, 4) is 0 Å². The molecule has 1 fully saturated rings. The summed E-state index contributed by atoms with van der Waals surface area (Å²) >= 11 is 3.48. The number of aryl methyl sites for hydroxylation is 1. The van der Waals surface area contributed by atoms with Crippen molar-refractivity contribution in [2.24, 2.45) is 0 Å². The summed E-state index contributed by atoms with van der Waals surface area (Å²) < 4.78 is 2.84. The minimum atomic E-state index is 0.119. The first-order valence-electron chi connectivity index (χ1n) is 8.03. The van der Waals surface area contributed by atoms with Gasteiger partial charge in [0.2, 0.25) is 5.91 Å². The van der Waals surface area contributed by atoms with Crippen molar-refractivity contribution in [3.63, 3.8) is 0 Å². The molecule has 122 valence electrons. The Hall–Kier alpha value is -1.69. The molecule has 1 aliphatic carbocycles. The molecular weight excluding hydrogens is 356 g/mol. The lowest BCUT2D eigenvalue weighted by Crippen LogP contribution is -2.45. The van der Waals surface area contributed by atoms with Crippen molar-refractivity contribution in [1.82, 2.24) is 20.1 Å². The van der Waals surface area contributed by atoms with E-state index in [9.17, 15) is 4.79 Å². The quantitative estimate of drug-likeness (QED) is 0.807. The van der Waals surface area contributed by atoms with Crippen molar-refractivity contribution < 1.29 is 4.79 Å². The van der Waals surface area contributed by atoms with Crippen LogP contribution in [0.3, 0.4) is 0 Å². The molecule has 1 heterocycles. The average molecular weight is 377 g/mol. The van der Waals surface area contributed by atoms with E-state index in [4.69, 9.17) is 0 Å². The molecule has 23 heavy (non-hydrogen) atoms. The first-order valence-corrected chi connectivity index (χ1v) is 8.82. The van der Waals surface area contributed by atoms with Crippen molar-refractivity contribution in [1.29, 1.82) is 0 Å². The second-order valence-electron chi connectivity index (χ2n) is 6.18. The Labute approximate surface area is 144 Å². The summed E-state index contributed by atoms with van der Waals surface area (Å²) in [6, 6.07) is 8.49. The van der Waals surface area contributed by atoms with E-state index in [1.807, 2.05) is 0 Å². The van der Waals surface area contributed by atoms with Gasteiger partial charge in [0.1, 0.15) is 12.7 Å². The molecule has 0 saturated heterocycles. The number of halogens is 1.